The quantitative estimate of drug-likeness (QED) is 0.909. The largest absolute Gasteiger partial charge is 0.281 e. The Labute approximate surface area is 132 Å². The number of rotatable bonds is 4. The molecule has 0 radical (unpaired) electrons. The lowest BCUT2D eigenvalue weighted by Crippen LogP contribution is -2.25. The van der Waals surface area contributed by atoms with Crippen LogP contribution in [-0.2, 0) is 16.6 Å². The van der Waals surface area contributed by atoms with Gasteiger partial charge in [0.25, 0.3) is 0 Å². The molecule has 0 spiro atoms. The number of nitrogens with one attached hydrogen (secondary N) is 2. The van der Waals surface area contributed by atoms with Crippen molar-refractivity contribution in [2.45, 2.75) is 53.0 Å². The third-order valence-corrected chi connectivity index (χ3v) is 5.95. The van der Waals surface area contributed by atoms with E-state index < -0.39 is 10.0 Å². The van der Waals surface area contributed by atoms with Gasteiger partial charge >= 0.3 is 0 Å². The van der Waals surface area contributed by atoms with Crippen LogP contribution in [0.5, 0.6) is 0 Å². The predicted molar refractivity (Wildman–Crippen MR) is 87.5 cm³/mol. The van der Waals surface area contributed by atoms with E-state index in [1.54, 1.807) is 13.8 Å². The molecule has 0 aliphatic carbocycles. The Morgan fingerprint density at radius 1 is 1.05 bits per heavy atom. The average molecular weight is 321 g/mol. The molecule has 120 valence electrons. The van der Waals surface area contributed by atoms with Gasteiger partial charge in [0.1, 0.15) is 4.90 Å². The molecule has 0 fully saturated rings. The molecular formula is C16H23N3O2S. The van der Waals surface area contributed by atoms with Gasteiger partial charge < -0.3 is 0 Å². The van der Waals surface area contributed by atoms with E-state index in [9.17, 15) is 8.42 Å². The van der Waals surface area contributed by atoms with E-state index in [1.807, 2.05) is 27.7 Å². The van der Waals surface area contributed by atoms with Crippen LogP contribution in [0.2, 0.25) is 0 Å². The second-order valence-electron chi connectivity index (χ2n) is 5.83. The fourth-order valence-electron chi connectivity index (χ4n) is 2.74. The zero-order chi connectivity index (χ0) is 16.7. The minimum absolute atomic E-state index is 0.243. The zero-order valence-electron chi connectivity index (χ0n) is 14.0. The maximum atomic E-state index is 12.5. The van der Waals surface area contributed by atoms with Crippen molar-refractivity contribution in [1.82, 2.24) is 14.9 Å². The first-order valence-electron chi connectivity index (χ1n) is 7.22. The fourth-order valence-corrected chi connectivity index (χ4v) is 4.10. The third-order valence-electron chi connectivity index (χ3n) is 4.29. The summed E-state index contributed by atoms with van der Waals surface area (Å²) >= 11 is 0. The summed E-state index contributed by atoms with van der Waals surface area (Å²) in [5.41, 5.74) is 6.69. The number of benzene rings is 1. The van der Waals surface area contributed by atoms with Gasteiger partial charge in [-0.3, -0.25) is 5.10 Å². The molecule has 0 atom stereocenters. The normalized spacial score (nSPS) is 11.9. The van der Waals surface area contributed by atoms with E-state index in [4.69, 9.17) is 0 Å². The molecule has 0 bridgehead atoms. The van der Waals surface area contributed by atoms with Gasteiger partial charge in [0, 0.05) is 6.54 Å². The highest BCUT2D eigenvalue weighted by atomic mass is 32.2. The summed E-state index contributed by atoms with van der Waals surface area (Å²) in [6.45, 7) is 11.8. The fraction of sp³-hybridized carbons (Fsp3) is 0.438. The number of aromatic amines is 1. The highest BCUT2D eigenvalue weighted by Crippen LogP contribution is 2.23. The van der Waals surface area contributed by atoms with Crippen LogP contribution in [-0.4, -0.2) is 18.6 Å². The summed E-state index contributed by atoms with van der Waals surface area (Å²) in [5.74, 6) is 0. The molecule has 2 N–H and O–H groups in total. The molecule has 0 saturated heterocycles. The zero-order valence-corrected chi connectivity index (χ0v) is 14.8. The molecule has 5 nitrogen and oxygen atoms in total. The van der Waals surface area contributed by atoms with Crippen LogP contribution in [0.25, 0.3) is 0 Å². The monoisotopic (exact) mass is 321 g/mol. The first-order valence-corrected chi connectivity index (χ1v) is 8.71. The Kier molecular flexibility index (Phi) is 4.44. The number of nitrogens with zero attached hydrogens (tertiary/aromatic N) is 1. The second-order valence-corrected chi connectivity index (χ2v) is 7.53. The van der Waals surface area contributed by atoms with E-state index >= 15 is 0 Å². The summed E-state index contributed by atoms with van der Waals surface area (Å²) in [6.07, 6.45) is 0. The molecule has 2 aromatic rings. The minimum Gasteiger partial charge on any atom is -0.281 e. The Morgan fingerprint density at radius 2 is 1.59 bits per heavy atom. The maximum absolute atomic E-state index is 12.5. The van der Waals surface area contributed by atoms with Crippen molar-refractivity contribution in [3.63, 3.8) is 0 Å². The van der Waals surface area contributed by atoms with Crippen molar-refractivity contribution in [2.24, 2.45) is 0 Å². The van der Waals surface area contributed by atoms with Crippen LogP contribution >= 0.6 is 0 Å². The van der Waals surface area contributed by atoms with E-state index in [1.165, 1.54) is 11.1 Å². The topological polar surface area (TPSA) is 74.8 Å². The second kappa shape index (κ2) is 5.85. The molecule has 1 heterocycles. The van der Waals surface area contributed by atoms with Gasteiger partial charge in [0.2, 0.25) is 10.0 Å². The third kappa shape index (κ3) is 2.94. The Morgan fingerprint density at radius 3 is 2.05 bits per heavy atom. The molecule has 1 aromatic heterocycles. The molecule has 2 rings (SSSR count). The highest BCUT2D eigenvalue weighted by Gasteiger charge is 2.22. The van der Waals surface area contributed by atoms with Crippen LogP contribution in [0, 0.1) is 41.5 Å². The lowest BCUT2D eigenvalue weighted by Gasteiger charge is -2.16. The van der Waals surface area contributed by atoms with Crippen molar-refractivity contribution < 1.29 is 8.42 Å². The molecule has 0 unspecified atom stereocenters. The van der Waals surface area contributed by atoms with Gasteiger partial charge in [-0.1, -0.05) is 6.07 Å². The molecule has 22 heavy (non-hydrogen) atoms. The standard InChI is InChI=1S/C16H23N3O2S/c1-9-7-10(2)12(4)15(11(9)3)8-17-22(20,21)16-13(5)18-19-14(16)6/h7,17H,8H2,1-6H3,(H,18,19). The van der Waals surface area contributed by atoms with Crippen LogP contribution in [0.15, 0.2) is 11.0 Å². The Bertz CT molecular complexity index is 775. The SMILES string of the molecule is Cc1cc(C)c(C)c(CNS(=O)(=O)c2c(C)n[nH]c2C)c1C. The van der Waals surface area contributed by atoms with Crippen LogP contribution in [0.4, 0.5) is 0 Å². The molecular weight excluding hydrogens is 298 g/mol. The summed E-state index contributed by atoms with van der Waals surface area (Å²) in [4.78, 5) is 0.243. The average Bonchev–Trinajstić information content (AvgIpc) is 2.76. The predicted octanol–water partition coefficient (Wildman–Crippen LogP) is 2.74. The number of hydrogen-bond donors (Lipinski definition) is 2. The van der Waals surface area contributed by atoms with Gasteiger partial charge in [0.05, 0.1) is 11.4 Å². The van der Waals surface area contributed by atoms with Crippen LogP contribution < -0.4 is 4.72 Å². The smallest absolute Gasteiger partial charge is 0.244 e. The lowest BCUT2D eigenvalue weighted by atomic mass is 9.94. The highest BCUT2D eigenvalue weighted by molar-refractivity contribution is 7.89. The first-order chi connectivity index (χ1) is 10.1. The first kappa shape index (κ1) is 16.7. The van der Waals surface area contributed by atoms with Crippen LogP contribution in [0.1, 0.15) is 39.2 Å². The van der Waals surface area contributed by atoms with Gasteiger partial charge in [-0.15, -0.1) is 0 Å². The maximum Gasteiger partial charge on any atom is 0.244 e. The summed E-state index contributed by atoms with van der Waals surface area (Å²) < 4.78 is 27.8. The molecule has 0 aliphatic rings. The number of aromatic nitrogens is 2. The summed E-state index contributed by atoms with van der Waals surface area (Å²) in [5, 5.41) is 6.67. The van der Waals surface area contributed by atoms with Gasteiger partial charge in [-0.25, -0.2) is 13.1 Å². The van der Waals surface area contributed by atoms with Crippen LogP contribution in [0.3, 0.4) is 0 Å². The van der Waals surface area contributed by atoms with Gasteiger partial charge in [-0.05, 0) is 69.4 Å². The Hall–Kier alpha value is -1.66. The van der Waals surface area contributed by atoms with E-state index in [0.717, 1.165) is 16.7 Å². The lowest BCUT2D eigenvalue weighted by molar-refractivity contribution is 0.580. The molecule has 6 heteroatoms. The summed E-state index contributed by atoms with van der Waals surface area (Å²) in [7, 11) is -3.58. The van der Waals surface area contributed by atoms with E-state index in [2.05, 4.69) is 21.0 Å². The number of H-pyrrole nitrogens is 1. The molecule has 0 amide bonds. The van der Waals surface area contributed by atoms with Crippen molar-refractivity contribution in [3.05, 3.63) is 45.3 Å². The number of hydrogen-bond acceptors (Lipinski definition) is 3. The number of aryl methyl sites for hydroxylation is 4. The molecule has 1 aromatic carbocycles. The van der Waals surface area contributed by atoms with E-state index in [-0.39, 0.29) is 11.4 Å². The van der Waals surface area contributed by atoms with Crippen molar-refractivity contribution in [3.8, 4) is 0 Å². The molecule has 0 saturated carbocycles. The van der Waals surface area contributed by atoms with Crippen molar-refractivity contribution >= 4 is 10.0 Å². The molecule has 0 aliphatic heterocycles. The van der Waals surface area contributed by atoms with Crippen molar-refractivity contribution in [1.29, 1.82) is 0 Å². The van der Waals surface area contributed by atoms with Gasteiger partial charge in [-0.2, -0.15) is 5.10 Å². The summed E-state index contributed by atoms with van der Waals surface area (Å²) in [6, 6.07) is 2.13. The minimum atomic E-state index is -3.58. The van der Waals surface area contributed by atoms with E-state index in [0.29, 0.717) is 11.4 Å². The Balaban J connectivity index is 2.35. The van der Waals surface area contributed by atoms with Gasteiger partial charge in [0.15, 0.2) is 0 Å². The number of sulfonamides is 1. The van der Waals surface area contributed by atoms with Crippen molar-refractivity contribution in [2.75, 3.05) is 0 Å².